The van der Waals surface area contributed by atoms with Gasteiger partial charge in [-0.25, -0.2) is 12.4 Å². The largest absolute Gasteiger partial charge is 0.497 e. The first-order valence-electron chi connectivity index (χ1n) is 8.75. The number of carboxylic acids is 1. The highest BCUT2D eigenvalue weighted by Crippen LogP contribution is 2.31. The average molecular weight is 403 g/mol. The minimum atomic E-state index is -3.89. The van der Waals surface area contributed by atoms with Crippen molar-refractivity contribution in [2.45, 2.75) is 24.7 Å². The van der Waals surface area contributed by atoms with E-state index in [4.69, 9.17) is 14.6 Å². The van der Waals surface area contributed by atoms with E-state index in [1.807, 2.05) is 6.92 Å². The Hall–Kier alpha value is -3.00. The number of hydrogen-bond acceptors (Lipinski definition) is 5. The fourth-order valence-electron chi connectivity index (χ4n) is 3.02. The molecule has 3 rings (SSSR count). The summed E-state index contributed by atoms with van der Waals surface area (Å²) in [5.74, 6) is 0.0860. The van der Waals surface area contributed by atoms with E-state index >= 15 is 0 Å². The van der Waals surface area contributed by atoms with Gasteiger partial charge in [-0.05, 0) is 49.2 Å². The van der Waals surface area contributed by atoms with Crippen molar-refractivity contribution < 1.29 is 27.8 Å². The number of hydrogen-bond donors (Lipinski definition) is 1. The quantitative estimate of drug-likeness (QED) is 0.620. The van der Waals surface area contributed by atoms with Crippen LogP contribution in [0.2, 0.25) is 0 Å². The van der Waals surface area contributed by atoms with Crippen molar-refractivity contribution in [1.82, 2.24) is 3.97 Å². The first kappa shape index (κ1) is 19.8. The van der Waals surface area contributed by atoms with E-state index in [1.54, 1.807) is 30.3 Å². The summed E-state index contributed by atoms with van der Waals surface area (Å²) in [6, 6.07) is 11.3. The van der Waals surface area contributed by atoms with Crippen molar-refractivity contribution in [2.24, 2.45) is 0 Å². The number of rotatable bonds is 8. The zero-order valence-corrected chi connectivity index (χ0v) is 16.4. The molecule has 0 unspecified atom stereocenters. The Morgan fingerprint density at radius 3 is 2.61 bits per heavy atom. The van der Waals surface area contributed by atoms with Gasteiger partial charge in [0.1, 0.15) is 11.5 Å². The van der Waals surface area contributed by atoms with Crippen molar-refractivity contribution in [3.8, 4) is 11.5 Å². The normalized spacial score (nSPS) is 11.5. The van der Waals surface area contributed by atoms with E-state index in [-0.39, 0.29) is 17.7 Å². The highest BCUT2D eigenvalue weighted by molar-refractivity contribution is 7.90. The topological polar surface area (TPSA) is 94.8 Å². The van der Waals surface area contributed by atoms with Gasteiger partial charge in [-0.15, -0.1) is 0 Å². The molecular formula is C20H21NO6S. The third kappa shape index (κ3) is 3.82. The molecule has 0 aliphatic rings. The van der Waals surface area contributed by atoms with Crippen LogP contribution in [0.3, 0.4) is 0 Å². The van der Waals surface area contributed by atoms with Crippen LogP contribution in [0.4, 0.5) is 0 Å². The van der Waals surface area contributed by atoms with Crippen LogP contribution in [0, 0.1) is 0 Å². The SMILES string of the molecule is CCOc1ccc2c(c1)c(CCC(=O)O)cn2S(=O)(=O)c1cccc(OC)c1. The molecule has 148 valence electrons. The second kappa shape index (κ2) is 7.93. The van der Waals surface area contributed by atoms with Crippen molar-refractivity contribution >= 4 is 26.9 Å². The van der Waals surface area contributed by atoms with Crippen LogP contribution in [0.1, 0.15) is 18.9 Å². The fraction of sp³-hybridized carbons (Fsp3) is 0.250. The zero-order chi connectivity index (χ0) is 20.3. The van der Waals surface area contributed by atoms with Crippen LogP contribution < -0.4 is 9.47 Å². The van der Waals surface area contributed by atoms with Crippen LogP contribution in [0.25, 0.3) is 10.9 Å². The van der Waals surface area contributed by atoms with Gasteiger partial charge in [-0.2, -0.15) is 0 Å². The molecular weight excluding hydrogens is 382 g/mol. The summed E-state index contributed by atoms with van der Waals surface area (Å²) in [4.78, 5) is 11.1. The molecule has 28 heavy (non-hydrogen) atoms. The van der Waals surface area contributed by atoms with Gasteiger partial charge in [0.25, 0.3) is 10.0 Å². The van der Waals surface area contributed by atoms with Crippen LogP contribution in [-0.2, 0) is 21.2 Å². The number of carbonyl (C=O) groups is 1. The lowest BCUT2D eigenvalue weighted by molar-refractivity contribution is -0.136. The molecule has 1 N–H and O–H groups in total. The zero-order valence-electron chi connectivity index (χ0n) is 15.6. The third-order valence-corrected chi connectivity index (χ3v) is 6.01. The van der Waals surface area contributed by atoms with Crippen LogP contribution in [0.15, 0.2) is 53.6 Å². The Bertz CT molecular complexity index is 1120. The number of aliphatic carboxylic acids is 1. The number of carboxylic acid groups (broad SMARTS) is 1. The molecule has 0 aliphatic carbocycles. The van der Waals surface area contributed by atoms with Gasteiger partial charge >= 0.3 is 5.97 Å². The molecule has 0 spiro atoms. The maximum Gasteiger partial charge on any atom is 0.303 e. The van der Waals surface area contributed by atoms with Gasteiger partial charge in [-0.1, -0.05) is 6.07 Å². The second-order valence-corrected chi connectivity index (χ2v) is 7.95. The molecule has 0 radical (unpaired) electrons. The van der Waals surface area contributed by atoms with Gasteiger partial charge in [0, 0.05) is 24.1 Å². The van der Waals surface area contributed by atoms with Crippen molar-refractivity contribution in [3.05, 3.63) is 54.2 Å². The Morgan fingerprint density at radius 1 is 1.14 bits per heavy atom. The lowest BCUT2D eigenvalue weighted by Crippen LogP contribution is -2.12. The highest BCUT2D eigenvalue weighted by Gasteiger charge is 2.22. The summed E-state index contributed by atoms with van der Waals surface area (Å²) in [5, 5.41) is 9.68. The van der Waals surface area contributed by atoms with E-state index in [9.17, 15) is 13.2 Å². The second-order valence-electron chi connectivity index (χ2n) is 6.14. The number of nitrogens with zero attached hydrogens (tertiary/aromatic N) is 1. The standard InChI is InChI=1S/C20H21NO6S/c1-3-27-16-8-9-19-18(12-16)14(7-10-20(22)23)13-21(19)28(24,25)17-6-4-5-15(11-17)26-2/h4-6,8-9,11-13H,3,7,10H2,1-2H3,(H,22,23). The lowest BCUT2D eigenvalue weighted by atomic mass is 10.1. The first-order chi connectivity index (χ1) is 13.4. The molecule has 1 heterocycles. The number of aromatic nitrogens is 1. The summed E-state index contributed by atoms with van der Waals surface area (Å²) in [6.45, 7) is 2.33. The van der Waals surface area contributed by atoms with Gasteiger partial charge in [0.05, 0.1) is 24.1 Å². The van der Waals surface area contributed by atoms with Crippen LogP contribution in [0.5, 0.6) is 11.5 Å². The molecule has 2 aromatic carbocycles. The molecule has 3 aromatic rings. The maximum atomic E-state index is 13.2. The third-order valence-electron chi connectivity index (χ3n) is 4.34. The van der Waals surface area contributed by atoms with Crippen molar-refractivity contribution in [2.75, 3.05) is 13.7 Å². The lowest BCUT2D eigenvalue weighted by Gasteiger charge is -2.09. The van der Waals surface area contributed by atoms with Gasteiger partial charge in [0.15, 0.2) is 0 Å². The molecule has 7 nitrogen and oxygen atoms in total. The predicted octanol–water partition coefficient (Wildman–Crippen LogP) is 3.30. The highest BCUT2D eigenvalue weighted by atomic mass is 32.2. The van der Waals surface area contributed by atoms with Crippen LogP contribution >= 0.6 is 0 Å². The molecule has 0 fully saturated rings. The summed E-state index contributed by atoms with van der Waals surface area (Å²) >= 11 is 0. The van der Waals surface area contributed by atoms with Gasteiger partial charge in [-0.3, -0.25) is 4.79 Å². The Morgan fingerprint density at radius 2 is 1.93 bits per heavy atom. The van der Waals surface area contributed by atoms with Gasteiger partial charge < -0.3 is 14.6 Å². The maximum absolute atomic E-state index is 13.2. The van der Waals surface area contributed by atoms with E-state index in [0.717, 1.165) is 0 Å². The monoisotopic (exact) mass is 403 g/mol. The smallest absolute Gasteiger partial charge is 0.303 e. The Balaban J connectivity index is 2.17. The average Bonchev–Trinajstić information content (AvgIpc) is 3.05. The number of fused-ring (bicyclic) bond motifs is 1. The molecule has 0 amide bonds. The van der Waals surface area contributed by atoms with Crippen molar-refractivity contribution in [3.63, 3.8) is 0 Å². The number of aryl methyl sites for hydroxylation is 1. The molecule has 0 atom stereocenters. The Labute approximate surface area is 163 Å². The fourth-order valence-corrected chi connectivity index (χ4v) is 4.44. The molecule has 0 saturated carbocycles. The molecule has 0 saturated heterocycles. The number of methoxy groups -OCH3 is 1. The number of ether oxygens (including phenoxy) is 2. The van der Waals surface area contributed by atoms with E-state index in [2.05, 4.69) is 0 Å². The summed E-state index contributed by atoms with van der Waals surface area (Å²) in [5.41, 5.74) is 1.09. The number of benzene rings is 2. The van der Waals surface area contributed by atoms with Crippen LogP contribution in [-0.4, -0.2) is 37.2 Å². The summed E-state index contributed by atoms with van der Waals surface area (Å²) in [6.07, 6.45) is 1.59. The van der Waals surface area contributed by atoms with E-state index in [0.29, 0.717) is 34.6 Å². The first-order valence-corrected chi connectivity index (χ1v) is 10.2. The molecule has 8 heteroatoms. The van der Waals surface area contributed by atoms with Crippen molar-refractivity contribution in [1.29, 1.82) is 0 Å². The van der Waals surface area contributed by atoms with E-state index in [1.165, 1.54) is 29.4 Å². The minimum absolute atomic E-state index is 0.0856. The molecule has 1 aromatic heterocycles. The Kier molecular flexibility index (Phi) is 5.60. The summed E-state index contributed by atoms with van der Waals surface area (Å²) < 4.78 is 38.3. The molecule has 0 bridgehead atoms. The van der Waals surface area contributed by atoms with E-state index < -0.39 is 16.0 Å². The minimum Gasteiger partial charge on any atom is -0.497 e. The van der Waals surface area contributed by atoms with Gasteiger partial charge in [0.2, 0.25) is 0 Å². The predicted molar refractivity (Wildman–Crippen MR) is 105 cm³/mol. The molecule has 0 aliphatic heterocycles. The summed E-state index contributed by atoms with van der Waals surface area (Å²) in [7, 11) is -2.42.